The summed E-state index contributed by atoms with van der Waals surface area (Å²) in [6, 6.07) is 12.3. The van der Waals surface area contributed by atoms with Gasteiger partial charge in [-0.15, -0.1) is 0 Å². The third-order valence-electron chi connectivity index (χ3n) is 3.77. The van der Waals surface area contributed by atoms with Crippen molar-refractivity contribution in [1.82, 2.24) is 4.98 Å². The fourth-order valence-electron chi connectivity index (χ4n) is 2.59. The number of nitrogen functional groups attached to an aromatic ring is 1. The molecule has 0 radical (unpaired) electrons. The summed E-state index contributed by atoms with van der Waals surface area (Å²) in [5, 5.41) is 10.3. The second-order valence-corrected chi connectivity index (χ2v) is 7.21. The molecular weight excluding hydrogens is 324 g/mol. The highest BCUT2D eigenvalue weighted by Gasteiger charge is 2.08. The van der Waals surface area contributed by atoms with Gasteiger partial charge in [0.25, 0.3) is 0 Å². The van der Waals surface area contributed by atoms with E-state index >= 15 is 0 Å². The molecule has 0 aliphatic carbocycles. The molecule has 0 bridgehead atoms. The van der Waals surface area contributed by atoms with Crippen LogP contribution in [0.4, 0.5) is 11.5 Å². The molecule has 7 heteroatoms. The first-order valence-corrected chi connectivity index (χ1v) is 8.90. The predicted octanol–water partition coefficient (Wildman–Crippen LogP) is 2.38. The molecule has 0 unspecified atom stereocenters. The monoisotopic (exact) mass is 342 g/mol. The standard InChI is InChI=1S/C17H18N4O2S/c1-11-8-15-14(16(18)9-11)6-7-20-17(15)21-10-12-2-4-13(5-3-12)24(19,22)23/h2-9H,10,18H2,1H3,(H,20,21)(H2,19,22,23). The van der Waals surface area contributed by atoms with Crippen LogP contribution in [0.15, 0.2) is 53.6 Å². The average Bonchev–Trinajstić information content (AvgIpc) is 2.52. The number of hydrogen-bond acceptors (Lipinski definition) is 5. The number of aryl methyl sites for hydroxylation is 1. The topological polar surface area (TPSA) is 111 Å². The summed E-state index contributed by atoms with van der Waals surface area (Å²) in [6.45, 7) is 2.49. The Bertz CT molecular complexity index is 999. The zero-order valence-electron chi connectivity index (χ0n) is 13.2. The fourth-order valence-corrected chi connectivity index (χ4v) is 3.10. The van der Waals surface area contributed by atoms with Crippen molar-refractivity contribution < 1.29 is 8.42 Å². The minimum absolute atomic E-state index is 0.0953. The molecule has 2 aromatic carbocycles. The first-order valence-electron chi connectivity index (χ1n) is 7.35. The lowest BCUT2D eigenvalue weighted by atomic mass is 10.1. The van der Waals surface area contributed by atoms with Gasteiger partial charge >= 0.3 is 0 Å². The van der Waals surface area contributed by atoms with Gasteiger partial charge < -0.3 is 11.1 Å². The molecule has 0 fully saturated rings. The summed E-state index contributed by atoms with van der Waals surface area (Å²) in [4.78, 5) is 4.47. The zero-order chi connectivity index (χ0) is 17.3. The molecular formula is C17H18N4O2S. The maximum atomic E-state index is 11.3. The van der Waals surface area contributed by atoms with Crippen LogP contribution in [0.5, 0.6) is 0 Å². The Hall–Kier alpha value is -2.64. The number of nitrogens with two attached hydrogens (primary N) is 2. The van der Waals surface area contributed by atoms with E-state index in [1.54, 1.807) is 18.3 Å². The van der Waals surface area contributed by atoms with Crippen molar-refractivity contribution >= 4 is 32.3 Å². The van der Waals surface area contributed by atoms with Crippen molar-refractivity contribution in [3.05, 3.63) is 59.8 Å². The van der Waals surface area contributed by atoms with E-state index in [2.05, 4.69) is 10.3 Å². The van der Waals surface area contributed by atoms with E-state index < -0.39 is 10.0 Å². The maximum absolute atomic E-state index is 11.3. The van der Waals surface area contributed by atoms with Crippen molar-refractivity contribution in [3.63, 3.8) is 0 Å². The van der Waals surface area contributed by atoms with Gasteiger partial charge in [-0.25, -0.2) is 18.5 Å². The molecule has 5 N–H and O–H groups in total. The second kappa shape index (κ2) is 6.10. The van der Waals surface area contributed by atoms with Gasteiger partial charge in [-0.1, -0.05) is 12.1 Å². The van der Waals surface area contributed by atoms with Gasteiger partial charge in [0.1, 0.15) is 5.82 Å². The summed E-state index contributed by atoms with van der Waals surface area (Å²) >= 11 is 0. The average molecular weight is 342 g/mol. The maximum Gasteiger partial charge on any atom is 0.238 e. The van der Waals surface area contributed by atoms with Crippen LogP contribution in [0.25, 0.3) is 10.8 Å². The number of fused-ring (bicyclic) bond motifs is 1. The smallest absolute Gasteiger partial charge is 0.238 e. The van der Waals surface area contributed by atoms with E-state index in [4.69, 9.17) is 10.9 Å². The Labute approximate surface area is 140 Å². The Morgan fingerprint density at radius 2 is 1.79 bits per heavy atom. The molecule has 124 valence electrons. The van der Waals surface area contributed by atoms with Crippen molar-refractivity contribution in [1.29, 1.82) is 0 Å². The minimum Gasteiger partial charge on any atom is -0.398 e. The molecule has 0 spiro atoms. The molecule has 0 amide bonds. The summed E-state index contributed by atoms with van der Waals surface area (Å²) in [5.74, 6) is 0.735. The number of primary sulfonamides is 1. The molecule has 24 heavy (non-hydrogen) atoms. The SMILES string of the molecule is Cc1cc(N)c2ccnc(NCc3ccc(S(N)(=O)=O)cc3)c2c1. The highest BCUT2D eigenvalue weighted by molar-refractivity contribution is 7.89. The number of nitrogens with one attached hydrogen (secondary N) is 1. The van der Waals surface area contributed by atoms with Gasteiger partial charge in [-0.3, -0.25) is 0 Å². The van der Waals surface area contributed by atoms with Crippen LogP contribution in [0.3, 0.4) is 0 Å². The van der Waals surface area contributed by atoms with Crippen LogP contribution < -0.4 is 16.2 Å². The van der Waals surface area contributed by atoms with Gasteiger partial charge in [0.15, 0.2) is 0 Å². The molecule has 0 aliphatic rings. The summed E-state index contributed by atoms with van der Waals surface area (Å²) in [7, 11) is -3.67. The highest BCUT2D eigenvalue weighted by atomic mass is 32.2. The van der Waals surface area contributed by atoms with Gasteiger partial charge in [0.2, 0.25) is 10.0 Å². The molecule has 1 aromatic heterocycles. The van der Waals surface area contributed by atoms with Crippen LogP contribution in [0, 0.1) is 6.92 Å². The van der Waals surface area contributed by atoms with Crippen molar-refractivity contribution in [2.75, 3.05) is 11.1 Å². The normalized spacial score (nSPS) is 11.6. The Morgan fingerprint density at radius 1 is 1.08 bits per heavy atom. The molecule has 0 aliphatic heterocycles. The fraction of sp³-hybridized carbons (Fsp3) is 0.118. The Morgan fingerprint density at radius 3 is 2.46 bits per heavy atom. The number of benzene rings is 2. The number of anilines is 2. The number of rotatable bonds is 4. The van der Waals surface area contributed by atoms with Gasteiger partial charge in [0.05, 0.1) is 4.90 Å². The lowest BCUT2D eigenvalue weighted by molar-refractivity contribution is 0.598. The van der Waals surface area contributed by atoms with E-state index in [1.165, 1.54) is 12.1 Å². The first kappa shape index (κ1) is 16.2. The van der Waals surface area contributed by atoms with E-state index in [9.17, 15) is 8.42 Å². The van der Waals surface area contributed by atoms with Crippen molar-refractivity contribution in [2.24, 2.45) is 5.14 Å². The van der Waals surface area contributed by atoms with Gasteiger partial charge in [-0.05, 0) is 48.4 Å². The van der Waals surface area contributed by atoms with E-state index in [0.717, 1.165) is 27.7 Å². The number of hydrogen-bond donors (Lipinski definition) is 3. The van der Waals surface area contributed by atoms with Gasteiger partial charge in [0, 0.05) is 29.2 Å². The number of pyridine rings is 1. The predicted molar refractivity (Wildman–Crippen MR) is 96.0 cm³/mol. The Balaban J connectivity index is 1.86. The molecule has 3 rings (SSSR count). The quantitative estimate of drug-likeness (QED) is 0.630. The van der Waals surface area contributed by atoms with Crippen LogP contribution in [0.1, 0.15) is 11.1 Å². The van der Waals surface area contributed by atoms with E-state index in [1.807, 2.05) is 25.1 Å². The second-order valence-electron chi connectivity index (χ2n) is 5.65. The molecule has 3 aromatic rings. The van der Waals surface area contributed by atoms with Crippen LogP contribution in [-0.2, 0) is 16.6 Å². The van der Waals surface area contributed by atoms with Crippen LogP contribution in [0.2, 0.25) is 0 Å². The lowest BCUT2D eigenvalue weighted by Gasteiger charge is -2.11. The Kier molecular flexibility index (Phi) is 4.13. The number of aromatic nitrogens is 1. The molecule has 6 nitrogen and oxygen atoms in total. The zero-order valence-corrected chi connectivity index (χ0v) is 14.0. The number of sulfonamides is 1. The molecule has 0 saturated heterocycles. The summed E-state index contributed by atoms with van der Waals surface area (Å²) in [6.07, 6.45) is 1.71. The molecule has 1 heterocycles. The van der Waals surface area contributed by atoms with Crippen molar-refractivity contribution in [3.8, 4) is 0 Å². The molecule has 0 saturated carbocycles. The van der Waals surface area contributed by atoms with E-state index in [-0.39, 0.29) is 4.90 Å². The molecule has 0 atom stereocenters. The third kappa shape index (κ3) is 3.32. The summed E-state index contributed by atoms with van der Waals surface area (Å²) < 4.78 is 22.5. The minimum atomic E-state index is -3.67. The van der Waals surface area contributed by atoms with Crippen LogP contribution in [-0.4, -0.2) is 13.4 Å². The van der Waals surface area contributed by atoms with Crippen molar-refractivity contribution in [2.45, 2.75) is 18.4 Å². The third-order valence-corrected chi connectivity index (χ3v) is 4.70. The lowest BCUT2D eigenvalue weighted by Crippen LogP contribution is -2.12. The van der Waals surface area contributed by atoms with E-state index in [0.29, 0.717) is 12.2 Å². The largest absolute Gasteiger partial charge is 0.398 e. The highest BCUT2D eigenvalue weighted by Crippen LogP contribution is 2.27. The van der Waals surface area contributed by atoms with Crippen LogP contribution >= 0.6 is 0 Å². The first-order chi connectivity index (χ1) is 11.3. The number of nitrogens with zero attached hydrogens (tertiary/aromatic N) is 1. The van der Waals surface area contributed by atoms with Gasteiger partial charge in [-0.2, -0.15) is 0 Å². The summed E-state index contributed by atoms with van der Waals surface area (Å²) in [5.41, 5.74) is 8.76.